The van der Waals surface area contributed by atoms with E-state index >= 15 is 0 Å². The zero-order valence-electron chi connectivity index (χ0n) is 13.8. The maximum absolute atomic E-state index is 13.7. The quantitative estimate of drug-likeness (QED) is 0.759. The molecule has 6 heteroatoms. The Kier molecular flexibility index (Phi) is 6.04. The number of halogens is 2. The lowest BCUT2D eigenvalue weighted by Gasteiger charge is -2.17. The highest BCUT2D eigenvalue weighted by molar-refractivity contribution is 9.10. The molecule has 0 aliphatic carbocycles. The average molecular weight is 406 g/mol. The molecule has 1 aliphatic rings. The molecule has 3 rings (SSSR count). The van der Waals surface area contributed by atoms with Gasteiger partial charge in [0.05, 0.1) is 5.69 Å². The second kappa shape index (κ2) is 8.45. The zero-order valence-corrected chi connectivity index (χ0v) is 15.4. The Hall–Kier alpha value is -1.92. The van der Waals surface area contributed by atoms with Crippen molar-refractivity contribution in [3.8, 4) is 0 Å². The zero-order chi connectivity index (χ0) is 17.6. The van der Waals surface area contributed by atoms with Crippen molar-refractivity contribution in [2.75, 3.05) is 30.3 Å². The van der Waals surface area contributed by atoms with Crippen molar-refractivity contribution in [3.63, 3.8) is 0 Å². The molecule has 1 atom stereocenters. The number of benzene rings is 2. The van der Waals surface area contributed by atoms with E-state index in [9.17, 15) is 9.18 Å². The van der Waals surface area contributed by atoms with Gasteiger partial charge in [-0.15, -0.1) is 0 Å². The van der Waals surface area contributed by atoms with Crippen LogP contribution in [-0.2, 0) is 4.79 Å². The van der Waals surface area contributed by atoms with Gasteiger partial charge in [-0.1, -0.05) is 34.1 Å². The van der Waals surface area contributed by atoms with E-state index in [1.807, 2.05) is 18.2 Å². The van der Waals surface area contributed by atoms with Crippen LogP contribution in [0.4, 0.5) is 15.8 Å². The Labute approximate surface area is 155 Å². The van der Waals surface area contributed by atoms with Gasteiger partial charge >= 0.3 is 0 Å². The van der Waals surface area contributed by atoms with Crippen molar-refractivity contribution < 1.29 is 9.18 Å². The number of anilines is 2. The van der Waals surface area contributed by atoms with Crippen LogP contribution >= 0.6 is 15.9 Å². The van der Waals surface area contributed by atoms with Gasteiger partial charge in [-0.05, 0) is 36.8 Å². The minimum Gasteiger partial charge on any atom is -0.381 e. The number of amides is 1. The van der Waals surface area contributed by atoms with E-state index in [4.69, 9.17) is 0 Å². The van der Waals surface area contributed by atoms with Crippen molar-refractivity contribution in [1.82, 2.24) is 4.90 Å². The van der Waals surface area contributed by atoms with E-state index in [1.165, 1.54) is 6.07 Å². The van der Waals surface area contributed by atoms with Gasteiger partial charge in [0.15, 0.2) is 0 Å². The van der Waals surface area contributed by atoms with Crippen LogP contribution in [0.2, 0.25) is 0 Å². The third kappa shape index (κ3) is 5.28. The van der Waals surface area contributed by atoms with E-state index in [0.717, 1.165) is 25.2 Å². The highest BCUT2D eigenvalue weighted by atomic mass is 79.9. The first kappa shape index (κ1) is 17.9. The standard InChI is InChI=1S/C19H21BrFN3O/c20-14-6-7-18(17(21)12-14)23-19(25)9-11-24-10-8-16(13-24)22-15-4-2-1-3-5-15/h1-7,12,16,22H,8-11,13H2,(H,23,25). The summed E-state index contributed by atoms with van der Waals surface area (Å²) < 4.78 is 14.4. The summed E-state index contributed by atoms with van der Waals surface area (Å²) in [5.41, 5.74) is 1.34. The number of nitrogens with zero attached hydrogens (tertiary/aromatic N) is 1. The Morgan fingerprint density at radius 1 is 1.24 bits per heavy atom. The summed E-state index contributed by atoms with van der Waals surface area (Å²) in [6.45, 7) is 2.55. The second-order valence-corrected chi connectivity index (χ2v) is 7.13. The third-order valence-corrected chi connectivity index (χ3v) is 4.77. The Morgan fingerprint density at radius 3 is 2.80 bits per heavy atom. The monoisotopic (exact) mass is 405 g/mol. The number of carbonyl (C=O) groups is 1. The molecule has 0 aromatic heterocycles. The number of likely N-dealkylation sites (tertiary alicyclic amines) is 1. The summed E-state index contributed by atoms with van der Waals surface area (Å²) in [6, 6.07) is 15.2. The van der Waals surface area contributed by atoms with Gasteiger partial charge in [0, 0.05) is 42.3 Å². The summed E-state index contributed by atoms with van der Waals surface area (Å²) in [7, 11) is 0. The van der Waals surface area contributed by atoms with Crippen LogP contribution in [0.15, 0.2) is 53.0 Å². The smallest absolute Gasteiger partial charge is 0.225 e. The fraction of sp³-hybridized carbons (Fsp3) is 0.316. The third-order valence-electron chi connectivity index (χ3n) is 4.28. The molecule has 0 saturated carbocycles. The minimum atomic E-state index is -0.434. The van der Waals surface area contributed by atoms with Crippen molar-refractivity contribution in [3.05, 3.63) is 58.8 Å². The van der Waals surface area contributed by atoms with Crippen LogP contribution in [-0.4, -0.2) is 36.5 Å². The van der Waals surface area contributed by atoms with Crippen LogP contribution in [0, 0.1) is 5.82 Å². The fourth-order valence-corrected chi connectivity index (χ4v) is 3.32. The molecule has 25 heavy (non-hydrogen) atoms. The van der Waals surface area contributed by atoms with Crippen LogP contribution in [0.5, 0.6) is 0 Å². The lowest BCUT2D eigenvalue weighted by molar-refractivity contribution is -0.116. The van der Waals surface area contributed by atoms with E-state index < -0.39 is 5.82 Å². The molecule has 1 heterocycles. The number of hydrogen-bond donors (Lipinski definition) is 2. The maximum atomic E-state index is 13.7. The highest BCUT2D eigenvalue weighted by Gasteiger charge is 2.22. The van der Waals surface area contributed by atoms with Crippen molar-refractivity contribution in [1.29, 1.82) is 0 Å². The van der Waals surface area contributed by atoms with Gasteiger partial charge in [0.1, 0.15) is 5.82 Å². The van der Waals surface area contributed by atoms with Crippen LogP contribution < -0.4 is 10.6 Å². The van der Waals surface area contributed by atoms with Crippen molar-refractivity contribution in [2.24, 2.45) is 0 Å². The summed E-state index contributed by atoms with van der Waals surface area (Å²) in [5.74, 6) is -0.600. The first-order valence-electron chi connectivity index (χ1n) is 8.39. The Bertz CT molecular complexity index is 726. The lowest BCUT2D eigenvalue weighted by atomic mass is 10.2. The largest absolute Gasteiger partial charge is 0.381 e. The molecule has 2 N–H and O–H groups in total. The lowest BCUT2D eigenvalue weighted by Crippen LogP contribution is -2.29. The molecule has 1 saturated heterocycles. The molecule has 1 aliphatic heterocycles. The number of hydrogen-bond acceptors (Lipinski definition) is 3. The molecule has 1 fully saturated rings. The molecule has 0 radical (unpaired) electrons. The topological polar surface area (TPSA) is 44.4 Å². The predicted octanol–water partition coefficient (Wildman–Crippen LogP) is 4.10. The molecule has 0 spiro atoms. The molecule has 0 bridgehead atoms. The van der Waals surface area contributed by atoms with Gasteiger partial charge in [-0.2, -0.15) is 0 Å². The molecule has 2 aromatic carbocycles. The fourth-order valence-electron chi connectivity index (χ4n) is 2.99. The SMILES string of the molecule is O=C(CCN1CCC(Nc2ccccc2)C1)Nc1ccc(Br)cc1F. The maximum Gasteiger partial charge on any atom is 0.225 e. The van der Waals surface area contributed by atoms with E-state index in [0.29, 0.717) is 23.5 Å². The summed E-state index contributed by atoms with van der Waals surface area (Å²) in [6.07, 6.45) is 1.41. The van der Waals surface area contributed by atoms with E-state index in [2.05, 4.69) is 43.6 Å². The van der Waals surface area contributed by atoms with Gasteiger partial charge in [0.2, 0.25) is 5.91 Å². The molecule has 1 amide bonds. The first-order chi connectivity index (χ1) is 12.1. The number of para-hydroxylation sites is 1. The van der Waals surface area contributed by atoms with E-state index in [-0.39, 0.29) is 11.6 Å². The Morgan fingerprint density at radius 2 is 2.04 bits per heavy atom. The van der Waals surface area contributed by atoms with Crippen molar-refractivity contribution >= 4 is 33.2 Å². The van der Waals surface area contributed by atoms with Crippen LogP contribution in [0.25, 0.3) is 0 Å². The van der Waals surface area contributed by atoms with Gasteiger partial charge in [0.25, 0.3) is 0 Å². The van der Waals surface area contributed by atoms with Gasteiger partial charge in [-0.25, -0.2) is 4.39 Å². The second-order valence-electron chi connectivity index (χ2n) is 6.22. The summed E-state index contributed by atoms with van der Waals surface area (Å²) in [4.78, 5) is 14.3. The number of rotatable bonds is 6. The molecule has 4 nitrogen and oxygen atoms in total. The van der Waals surface area contributed by atoms with E-state index in [1.54, 1.807) is 12.1 Å². The normalized spacial score (nSPS) is 17.4. The molecular formula is C19H21BrFN3O. The van der Waals surface area contributed by atoms with Gasteiger partial charge < -0.3 is 15.5 Å². The number of nitrogens with one attached hydrogen (secondary N) is 2. The minimum absolute atomic E-state index is 0.166. The molecular weight excluding hydrogens is 385 g/mol. The summed E-state index contributed by atoms with van der Waals surface area (Å²) in [5, 5.41) is 6.15. The average Bonchev–Trinajstić information content (AvgIpc) is 3.04. The predicted molar refractivity (Wildman–Crippen MR) is 102 cm³/mol. The van der Waals surface area contributed by atoms with Crippen LogP contribution in [0.1, 0.15) is 12.8 Å². The van der Waals surface area contributed by atoms with Crippen LogP contribution in [0.3, 0.4) is 0 Å². The summed E-state index contributed by atoms with van der Waals surface area (Å²) >= 11 is 3.20. The van der Waals surface area contributed by atoms with Crippen molar-refractivity contribution in [2.45, 2.75) is 18.9 Å². The first-order valence-corrected chi connectivity index (χ1v) is 9.18. The molecule has 132 valence electrons. The van der Waals surface area contributed by atoms with Gasteiger partial charge in [-0.3, -0.25) is 4.79 Å². The highest BCUT2D eigenvalue weighted by Crippen LogP contribution is 2.20. The number of carbonyl (C=O) groups excluding carboxylic acids is 1. The Balaban J connectivity index is 1.42. The molecule has 2 aromatic rings. The molecule has 1 unspecified atom stereocenters.